The Kier molecular flexibility index (Phi) is 4.90. The molecular weight excluding hydrogens is 286 g/mol. The summed E-state index contributed by atoms with van der Waals surface area (Å²) in [6.45, 7) is 2.74. The summed E-state index contributed by atoms with van der Waals surface area (Å²) in [6.07, 6.45) is 0.473. The molecule has 1 saturated heterocycles. The van der Waals surface area contributed by atoms with E-state index in [0.717, 1.165) is 0 Å². The van der Waals surface area contributed by atoms with E-state index in [2.05, 4.69) is 0 Å². The molecule has 2 rings (SSSR count). The van der Waals surface area contributed by atoms with Gasteiger partial charge in [-0.05, 0) is 24.5 Å². The summed E-state index contributed by atoms with van der Waals surface area (Å²) in [7, 11) is 3.06. The number of carboxylic acids is 1. The van der Waals surface area contributed by atoms with Gasteiger partial charge in [0.05, 0.1) is 25.7 Å². The summed E-state index contributed by atoms with van der Waals surface area (Å²) in [5, 5.41) is 9.15. The molecule has 22 heavy (non-hydrogen) atoms. The fraction of sp³-hybridized carbons (Fsp3) is 0.500. The van der Waals surface area contributed by atoms with Crippen molar-refractivity contribution in [3.05, 3.63) is 23.8 Å². The monoisotopic (exact) mass is 307 g/mol. The molecule has 1 fully saturated rings. The Labute approximate surface area is 129 Å². The van der Waals surface area contributed by atoms with Crippen LogP contribution in [0.1, 0.15) is 23.7 Å². The number of aliphatic carboxylic acids is 1. The number of carbonyl (C=O) groups is 2. The van der Waals surface area contributed by atoms with Crippen LogP contribution in [-0.4, -0.2) is 49.2 Å². The Balaban J connectivity index is 2.17. The lowest BCUT2D eigenvalue weighted by Crippen LogP contribution is -2.45. The van der Waals surface area contributed by atoms with Crippen molar-refractivity contribution in [1.82, 2.24) is 4.90 Å². The second-order valence-corrected chi connectivity index (χ2v) is 5.53. The van der Waals surface area contributed by atoms with E-state index < -0.39 is 5.97 Å². The van der Waals surface area contributed by atoms with E-state index in [1.165, 1.54) is 7.11 Å². The zero-order valence-electron chi connectivity index (χ0n) is 13.0. The number of likely N-dealkylation sites (tertiary alicyclic amines) is 1. The number of carbonyl (C=O) groups excluding carboxylic acids is 1. The number of hydrogen-bond donors (Lipinski definition) is 1. The molecule has 2 atom stereocenters. The average molecular weight is 307 g/mol. The highest BCUT2D eigenvalue weighted by Gasteiger charge is 2.33. The van der Waals surface area contributed by atoms with Gasteiger partial charge < -0.3 is 19.5 Å². The topological polar surface area (TPSA) is 76.1 Å². The molecule has 1 aliphatic rings. The van der Waals surface area contributed by atoms with E-state index in [0.29, 0.717) is 36.6 Å². The Morgan fingerprint density at radius 3 is 2.55 bits per heavy atom. The number of nitrogens with zero attached hydrogens (tertiary/aromatic N) is 1. The SMILES string of the molecule is COc1ccc(C(=O)N2CCC(C(=O)O)C(C)C2)c(OC)c1. The van der Waals surface area contributed by atoms with Gasteiger partial charge in [-0.1, -0.05) is 6.92 Å². The molecule has 1 aromatic carbocycles. The van der Waals surface area contributed by atoms with Gasteiger partial charge in [0.25, 0.3) is 5.91 Å². The first-order valence-corrected chi connectivity index (χ1v) is 7.22. The maximum Gasteiger partial charge on any atom is 0.306 e. The van der Waals surface area contributed by atoms with Crippen molar-refractivity contribution in [1.29, 1.82) is 0 Å². The molecule has 1 heterocycles. The molecule has 120 valence electrons. The first-order valence-electron chi connectivity index (χ1n) is 7.22. The molecule has 1 aromatic rings. The number of hydrogen-bond acceptors (Lipinski definition) is 4. The number of rotatable bonds is 4. The van der Waals surface area contributed by atoms with E-state index in [1.54, 1.807) is 30.2 Å². The molecule has 0 saturated carbocycles. The first-order chi connectivity index (χ1) is 10.5. The molecule has 6 nitrogen and oxygen atoms in total. The van der Waals surface area contributed by atoms with Crippen LogP contribution in [0.15, 0.2) is 18.2 Å². The van der Waals surface area contributed by atoms with Gasteiger partial charge in [-0.3, -0.25) is 9.59 Å². The van der Waals surface area contributed by atoms with Crippen LogP contribution in [0.2, 0.25) is 0 Å². The van der Waals surface area contributed by atoms with Crippen molar-refractivity contribution in [2.45, 2.75) is 13.3 Å². The lowest BCUT2D eigenvalue weighted by molar-refractivity contribution is -0.145. The maximum atomic E-state index is 12.7. The normalized spacial score (nSPS) is 21.3. The fourth-order valence-corrected chi connectivity index (χ4v) is 2.84. The minimum atomic E-state index is -0.790. The molecule has 6 heteroatoms. The molecule has 0 spiro atoms. The number of benzene rings is 1. The van der Waals surface area contributed by atoms with Gasteiger partial charge in [0.1, 0.15) is 11.5 Å². The van der Waals surface area contributed by atoms with Gasteiger partial charge in [-0.2, -0.15) is 0 Å². The van der Waals surface area contributed by atoms with Crippen LogP contribution >= 0.6 is 0 Å². The van der Waals surface area contributed by atoms with Gasteiger partial charge in [0.15, 0.2) is 0 Å². The third-order valence-corrected chi connectivity index (χ3v) is 4.15. The lowest BCUT2D eigenvalue weighted by atomic mass is 9.87. The van der Waals surface area contributed by atoms with E-state index in [9.17, 15) is 9.59 Å². The van der Waals surface area contributed by atoms with Crippen LogP contribution in [0, 0.1) is 11.8 Å². The predicted octanol–water partition coefficient (Wildman–Crippen LogP) is 1.89. The zero-order chi connectivity index (χ0) is 16.3. The first kappa shape index (κ1) is 16.1. The van der Waals surface area contributed by atoms with Gasteiger partial charge in [0, 0.05) is 19.2 Å². The van der Waals surface area contributed by atoms with Crippen LogP contribution < -0.4 is 9.47 Å². The summed E-state index contributed by atoms with van der Waals surface area (Å²) < 4.78 is 10.4. The summed E-state index contributed by atoms with van der Waals surface area (Å²) in [5.74, 6) is -0.318. The number of ether oxygens (including phenoxy) is 2. The maximum absolute atomic E-state index is 12.7. The quantitative estimate of drug-likeness (QED) is 0.919. The van der Waals surface area contributed by atoms with Crippen molar-refractivity contribution in [2.24, 2.45) is 11.8 Å². The molecule has 1 N–H and O–H groups in total. The predicted molar refractivity (Wildman–Crippen MR) is 80.4 cm³/mol. The minimum Gasteiger partial charge on any atom is -0.497 e. The highest BCUT2D eigenvalue weighted by Crippen LogP contribution is 2.29. The van der Waals surface area contributed by atoms with Crippen LogP contribution in [0.4, 0.5) is 0 Å². The van der Waals surface area contributed by atoms with Crippen molar-refractivity contribution in [3.8, 4) is 11.5 Å². The summed E-state index contributed by atoms with van der Waals surface area (Å²) in [4.78, 5) is 25.5. The fourth-order valence-electron chi connectivity index (χ4n) is 2.84. The Morgan fingerprint density at radius 1 is 1.27 bits per heavy atom. The number of methoxy groups -OCH3 is 2. The largest absolute Gasteiger partial charge is 0.497 e. The van der Waals surface area contributed by atoms with Crippen molar-refractivity contribution >= 4 is 11.9 Å². The molecule has 2 unspecified atom stereocenters. The van der Waals surface area contributed by atoms with Gasteiger partial charge >= 0.3 is 5.97 Å². The Bertz CT molecular complexity index is 572. The molecule has 0 aromatic heterocycles. The molecule has 0 aliphatic carbocycles. The zero-order valence-corrected chi connectivity index (χ0v) is 13.0. The standard InChI is InChI=1S/C16H21NO5/c1-10-9-17(7-6-12(10)16(19)20)15(18)13-5-4-11(21-2)8-14(13)22-3/h4-5,8,10,12H,6-7,9H2,1-3H3,(H,19,20). The second kappa shape index (κ2) is 6.68. The van der Waals surface area contributed by atoms with Crippen molar-refractivity contribution in [3.63, 3.8) is 0 Å². The highest BCUT2D eigenvalue weighted by atomic mass is 16.5. The van der Waals surface area contributed by atoms with Crippen molar-refractivity contribution < 1.29 is 24.2 Å². The highest BCUT2D eigenvalue weighted by molar-refractivity contribution is 5.97. The van der Waals surface area contributed by atoms with Gasteiger partial charge in [-0.25, -0.2) is 0 Å². The van der Waals surface area contributed by atoms with E-state index in [1.807, 2.05) is 6.92 Å². The lowest BCUT2D eigenvalue weighted by Gasteiger charge is -2.35. The number of amides is 1. The summed E-state index contributed by atoms with van der Waals surface area (Å²) in [6, 6.07) is 5.05. The number of carboxylic acid groups (broad SMARTS) is 1. The Morgan fingerprint density at radius 2 is 2.00 bits per heavy atom. The van der Waals surface area contributed by atoms with Crippen molar-refractivity contribution in [2.75, 3.05) is 27.3 Å². The third kappa shape index (κ3) is 3.16. The van der Waals surface area contributed by atoms with E-state index >= 15 is 0 Å². The molecule has 0 radical (unpaired) electrons. The van der Waals surface area contributed by atoms with Crippen LogP contribution in [-0.2, 0) is 4.79 Å². The van der Waals surface area contributed by atoms with Crippen LogP contribution in [0.25, 0.3) is 0 Å². The number of piperidine rings is 1. The third-order valence-electron chi connectivity index (χ3n) is 4.15. The molecule has 1 aliphatic heterocycles. The van der Waals surface area contributed by atoms with Crippen LogP contribution in [0.3, 0.4) is 0 Å². The Hall–Kier alpha value is -2.24. The molecule has 1 amide bonds. The van der Waals surface area contributed by atoms with E-state index in [-0.39, 0.29) is 17.7 Å². The second-order valence-electron chi connectivity index (χ2n) is 5.53. The van der Waals surface area contributed by atoms with Gasteiger partial charge in [-0.15, -0.1) is 0 Å². The van der Waals surface area contributed by atoms with Crippen LogP contribution in [0.5, 0.6) is 11.5 Å². The summed E-state index contributed by atoms with van der Waals surface area (Å²) >= 11 is 0. The van der Waals surface area contributed by atoms with Gasteiger partial charge in [0.2, 0.25) is 0 Å². The minimum absolute atomic E-state index is 0.0700. The molecular formula is C16H21NO5. The summed E-state index contributed by atoms with van der Waals surface area (Å²) in [5.41, 5.74) is 0.462. The average Bonchev–Trinajstić information content (AvgIpc) is 2.53. The molecule has 0 bridgehead atoms. The van der Waals surface area contributed by atoms with E-state index in [4.69, 9.17) is 14.6 Å². The smallest absolute Gasteiger partial charge is 0.306 e.